The Morgan fingerprint density at radius 1 is 1.42 bits per heavy atom. The Labute approximate surface area is 147 Å². The number of thiazole rings is 1. The number of ether oxygens (including phenoxy) is 1. The van der Waals surface area contributed by atoms with Gasteiger partial charge in [-0.15, -0.1) is 11.3 Å². The molecule has 2 heterocycles. The molecular weight excluding hydrogens is 352 g/mol. The number of rotatable bonds is 4. The predicted molar refractivity (Wildman–Crippen MR) is 90.2 cm³/mol. The largest absolute Gasteiger partial charge is 0.479 e. The summed E-state index contributed by atoms with van der Waals surface area (Å²) >= 11 is 7.59. The van der Waals surface area contributed by atoms with Crippen molar-refractivity contribution in [3.05, 3.63) is 40.4 Å². The molecule has 1 aliphatic rings. The summed E-state index contributed by atoms with van der Waals surface area (Å²) < 4.78 is 5.12. The molecule has 24 heavy (non-hydrogen) atoms. The molecule has 6 nitrogen and oxygen atoms in total. The molecule has 0 spiro atoms. The maximum absolute atomic E-state index is 12.4. The second-order valence-corrected chi connectivity index (χ2v) is 6.60. The third kappa shape index (κ3) is 3.75. The van der Waals surface area contributed by atoms with Gasteiger partial charge in [-0.3, -0.25) is 4.79 Å². The zero-order valence-electron chi connectivity index (χ0n) is 12.6. The van der Waals surface area contributed by atoms with Crippen LogP contribution in [0.3, 0.4) is 0 Å². The average molecular weight is 367 g/mol. The number of amides is 1. The molecule has 3 rings (SSSR count). The molecule has 1 N–H and O–H groups in total. The molecule has 1 fully saturated rings. The van der Waals surface area contributed by atoms with E-state index >= 15 is 0 Å². The van der Waals surface area contributed by atoms with Crippen LogP contribution in [0.5, 0.6) is 0 Å². The molecule has 1 atom stereocenters. The maximum Gasteiger partial charge on any atom is 0.334 e. The molecule has 1 aliphatic heterocycles. The predicted octanol–water partition coefficient (Wildman–Crippen LogP) is 2.32. The van der Waals surface area contributed by atoms with E-state index in [4.69, 9.17) is 21.4 Å². The van der Waals surface area contributed by atoms with E-state index in [-0.39, 0.29) is 25.5 Å². The van der Waals surface area contributed by atoms with Crippen LogP contribution in [0.1, 0.15) is 5.69 Å². The number of carbonyl (C=O) groups is 2. The van der Waals surface area contributed by atoms with Crippen molar-refractivity contribution in [2.45, 2.75) is 12.5 Å². The zero-order chi connectivity index (χ0) is 17.1. The summed E-state index contributed by atoms with van der Waals surface area (Å²) in [4.78, 5) is 29.3. The first-order chi connectivity index (χ1) is 11.5. The van der Waals surface area contributed by atoms with Gasteiger partial charge in [0.25, 0.3) is 0 Å². The summed E-state index contributed by atoms with van der Waals surface area (Å²) in [5, 5.41) is 12.2. The number of benzene rings is 1. The molecule has 1 aromatic heterocycles. The summed E-state index contributed by atoms with van der Waals surface area (Å²) in [6, 6.07) is 7.41. The van der Waals surface area contributed by atoms with Gasteiger partial charge in [0.1, 0.15) is 5.01 Å². The Bertz CT molecular complexity index is 764. The van der Waals surface area contributed by atoms with Gasteiger partial charge in [0.05, 0.1) is 30.3 Å². The molecule has 1 unspecified atom stereocenters. The quantitative estimate of drug-likeness (QED) is 0.898. The number of carboxylic acids is 1. The van der Waals surface area contributed by atoms with Gasteiger partial charge in [0, 0.05) is 17.5 Å². The van der Waals surface area contributed by atoms with Gasteiger partial charge in [-0.25, -0.2) is 9.78 Å². The third-order valence-corrected chi connectivity index (χ3v) is 4.94. The molecule has 0 bridgehead atoms. The summed E-state index contributed by atoms with van der Waals surface area (Å²) in [5.41, 5.74) is 1.48. The van der Waals surface area contributed by atoms with E-state index in [1.54, 1.807) is 6.07 Å². The molecule has 0 radical (unpaired) electrons. The number of hydrogen-bond donors (Lipinski definition) is 1. The Hall–Kier alpha value is -1.96. The van der Waals surface area contributed by atoms with E-state index in [2.05, 4.69) is 4.98 Å². The van der Waals surface area contributed by atoms with Crippen molar-refractivity contribution >= 4 is 34.8 Å². The van der Waals surface area contributed by atoms with Crippen molar-refractivity contribution in [2.75, 3.05) is 19.7 Å². The summed E-state index contributed by atoms with van der Waals surface area (Å²) in [6.45, 7) is 0.685. The minimum atomic E-state index is -1.05. The lowest BCUT2D eigenvalue weighted by molar-refractivity contribution is -0.159. The maximum atomic E-state index is 12.4. The van der Waals surface area contributed by atoms with Crippen LogP contribution in [-0.2, 0) is 20.7 Å². The first-order valence-corrected chi connectivity index (χ1v) is 8.62. The lowest BCUT2D eigenvalue weighted by atomic mass is 10.2. The first-order valence-electron chi connectivity index (χ1n) is 7.36. The van der Waals surface area contributed by atoms with Crippen molar-refractivity contribution in [1.29, 1.82) is 0 Å². The Morgan fingerprint density at radius 3 is 2.96 bits per heavy atom. The van der Waals surface area contributed by atoms with E-state index in [1.165, 1.54) is 16.2 Å². The van der Waals surface area contributed by atoms with Gasteiger partial charge in [0.2, 0.25) is 5.91 Å². The van der Waals surface area contributed by atoms with Crippen molar-refractivity contribution < 1.29 is 19.4 Å². The summed E-state index contributed by atoms with van der Waals surface area (Å²) in [6.07, 6.45) is -0.829. The third-order valence-electron chi connectivity index (χ3n) is 3.68. The Kier molecular flexibility index (Phi) is 5.13. The van der Waals surface area contributed by atoms with Gasteiger partial charge < -0.3 is 14.7 Å². The topological polar surface area (TPSA) is 79.7 Å². The smallest absolute Gasteiger partial charge is 0.334 e. The lowest BCUT2D eigenvalue weighted by Crippen LogP contribution is -2.49. The highest BCUT2D eigenvalue weighted by molar-refractivity contribution is 7.13. The number of carbonyl (C=O) groups excluding carboxylic acids is 1. The highest BCUT2D eigenvalue weighted by Crippen LogP contribution is 2.30. The highest BCUT2D eigenvalue weighted by atomic mass is 35.5. The average Bonchev–Trinajstić information content (AvgIpc) is 3.03. The van der Waals surface area contributed by atoms with E-state index < -0.39 is 12.1 Å². The minimum absolute atomic E-state index is 0.0652. The molecular formula is C16H15ClN2O4S. The fourth-order valence-corrected chi connectivity index (χ4v) is 3.58. The summed E-state index contributed by atoms with van der Waals surface area (Å²) in [7, 11) is 0. The SMILES string of the molecule is O=C(O)C1CN(C(=O)Cc2csc(-c3ccccc3Cl)n2)CCO1. The van der Waals surface area contributed by atoms with Crippen LogP contribution < -0.4 is 0 Å². The number of hydrogen-bond acceptors (Lipinski definition) is 5. The zero-order valence-corrected chi connectivity index (χ0v) is 14.2. The van der Waals surface area contributed by atoms with Crippen molar-refractivity contribution in [3.8, 4) is 10.6 Å². The number of morpholine rings is 1. The number of aromatic nitrogens is 1. The van der Waals surface area contributed by atoms with E-state index in [1.807, 2.05) is 23.6 Å². The molecule has 0 saturated carbocycles. The van der Waals surface area contributed by atoms with Gasteiger partial charge in [-0.2, -0.15) is 0 Å². The van der Waals surface area contributed by atoms with Crippen LogP contribution in [0, 0.1) is 0 Å². The fraction of sp³-hybridized carbons (Fsp3) is 0.312. The highest BCUT2D eigenvalue weighted by Gasteiger charge is 2.29. The molecule has 0 aliphatic carbocycles. The molecule has 1 saturated heterocycles. The van der Waals surface area contributed by atoms with Crippen LogP contribution in [0.4, 0.5) is 0 Å². The van der Waals surface area contributed by atoms with Crippen LogP contribution in [-0.4, -0.2) is 52.7 Å². The molecule has 126 valence electrons. The number of aliphatic carboxylic acids is 1. The van der Waals surface area contributed by atoms with Gasteiger partial charge in [0.15, 0.2) is 6.10 Å². The van der Waals surface area contributed by atoms with E-state index in [9.17, 15) is 9.59 Å². The lowest BCUT2D eigenvalue weighted by Gasteiger charge is -2.30. The number of carboxylic acid groups (broad SMARTS) is 1. The van der Waals surface area contributed by atoms with Crippen molar-refractivity contribution in [1.82, 2.24) is 9.88 Å². The van der Waals surface area contributed by atoms with E-state index in [0.29, 0.717) is 17.3 Å². The van der Waals surface area contributed by atoms with Crippen LogP contribution >= 0.6 is 22.9 Å². The standard InChI is InChI=1S/C16H15ClN2O4S/c17-12-4-2-1-3-11(12)15-18-10(9-24-15)7-14(20)19-5-6-23-13(8-19)16(21)22/h1-4,9,13H,5-8H2,(H,21,22). The van der Waals surface area contributed by atoms with Gasteiger partial charge in [-0.1, -0.05) is 29.8 Å². The Balaban J connectivity index is 1.67. The molecule has 2 aromatic rings. The van der Waals surface area contributed by atoms with Crippen LogP contribution in [0.15, 0.2) is 29.6 Å². The molecule has 8 heteroatoms. The van der Waals surface area contributed by atoms with Crippen LogP contribution in [0.25, 0.3) is 10.6 Å². The normalized spacial score (nSPS) is 17.7. The first kappa shape index (κ1) is 16.9. The monoisotopic (exact) mass is 366 g/mol. The van der Waals surface area contributed by atoms with Crippen LogP contribution in [0.2, 0.25) is 5.02 Å². The Morgan fingerprint density at radius 2 is 2.21 bits per heavy atom. The second-order valence-electron chi connectivity index (χ2n) is 5.34. The number of halogens is 1. The van der Waals surface area contributed by atoms with Gasteiger partial charge in [-0.05, 0) is 6.07 Å². The van der Waals surface area contributed by atoms with Gasteiger partial charge >= 0.3 is 5.97 Å². The van der Waals surface area contributed by atoms with Crippen molar-refractivity contribution in [2.24, 2.45) is 0 Å². The van der Waals surface area contributed by atoms with E-state index in [0.717, 1.165) is 10.6 Å². The van der Waals surface area contributed by atoms with Crippen molar-refractivity contribution in [3.63, 3.8) is 0 Å². The fourth-order valence-electron chi connectivity index (χ4n) is 2.44. The minimum Gasteiger partial charge on any atom is -0.479 e. The number of nitrogens with zero attached hydrogens (tertiary/aromatic N) is 2. The summed E-state index contributed by atoms with van der Waals surface area (Å²) in [5.74, 6) is -1.21. The second kappa shape index (κ2) is 7.29. The molecule has 1 aromatic carbocycles. The molecule has 1 amide bonds.